The van der Waals surface area contributed by atoms with Gasteiger partial charge in [0, 0.05) is 13.2 Å². The number of primary amides is 1. The summed E-state index contributed by atoms with van der Waals surface area (Å²) in [7, 11) is 1.74. The van der Waals surface area contributed by atoms with E-state index >= 15 is 0 Å². The minimum atomic E-state index is -0.487. The fourth-order valence-electron chi connectivity index (χ4n) is 3.79. The van der Waals surface area contributed by atoms with Crippen molar-refractivity contribution in [1.29, 1.82) is 0 Å². The maximum Gasteiger partial charge on any atom is 0.238 e. The molecule has 1 fully saturated rings. The van der Waals surface area contributed by atoms with Crippen LogP contribution in [0.4, 0.5) is 0 Å². The van der Waals surface area contributed by atoms with Gasteiger partial charge in [-0.1, -0.05) is 20.3 Å². The average Bonchev–Trinajstić information content (AvgIpc) is 2.84. The van der Waals surface area contributed by atoms with Crippen LogP contribution in [0.2, 0.25) is 0 Å². The molecule has 0 spiro atoms. The Kier molecular flexibility index (Phi) is 7.63. The summed E-state index contributed by atoms with van der Waals surface area (Å²) in [4.78, 5) is 14.4. The molecular weight excluding hydrogens is 266 g/mol. The normalized spacial score (nSPS) is 27.2. The van der Waals surface area contributed by atoms with Crippen LogP contribution in [-0.4, -0.2) is 55.7 Å². The Morgan fingerprint density at radius 2 is 2.24 bits per heavy atom. The number of hydrogen-bond donors (Lipinski definition) is 2. The molecule has 0 aliphatic heterocycles. The van der Waals surface area contributed by atoms with Gasteiger partial charge in [-0.05, 0) is 51.7 Å². The molecule has 124 valence electrons. The number of nitrogens with two attached hydrogens (primary N) is 1. The summed E-state index contributed by atoms with van der Waals surface area (Å²) in [6.07, 6.45) is 4.06. The van der Waals surface area contributed by atoms with Gasteiger partial charge in [-0.25, -0.2) is 0 Å². The number of carbonyl (C=O) groups excluding carboxylic acids is 1. The lowest BCUT2D eigenvalue weighted by Crippen LogP contribution is -2.58. The van der Waals surface area contributed by atoms with E-state index in [-0.39, 0.29) is 5.91 Å². The van der Waals surface area contributed by atoms with Gasteiger partial charge in [0.05, 0.1) is 6.61 Å². The topological polar surface area (TPSA) is 67.6 Å². The van der Waals surface area contributed by atoms with Crippen LogP contribution in [0, 0.1) is 5.92 Å². The minimum Gasteiger partial charge on any atom is -0.383 e. The maximum absolute atomic E-state index is 12.0. The third kappa shape index (κ3) is 4.41. The molecule has 5 nitrogen and oxygen atoms in total. The van der Waals surface area contributed by atoms with Crippen molar-refractivity contribution in [3.8, 4) is 0 Å². The van der Waals surface area contributed by atoms with Crippen LogP contribution in [0.5, 0.6) is 0 Å². The molecule has 3 atom stereocenters. The predicted octanol–water partition coefficient (Wildman–Crippen LogP) is 1.37. The van der Waals surface area contributed by atoms with Gasteiger partial charge in [-0.2, -0.15) is 0 Å². The molecule has 0 aromatic heterocycles. The van der Waals surface area contributed by atoms with Crippen molar-refractivity contribution < 1.29 is 9.53 Å². The first kappa shape index (κ1) is 18.4. The van der Waals surface area contributed by atoms with Gasteiger partial charge in [0.15, 0.2) is 0 Å². The Bertz CT molecular complexity index is 325. The molecule has 0 heterocycles. The number of ether oxygens (including phenoxy) is 1. The molecular formula is C16H33N3O2. The van der Waals surface area contributed by atoms with Crippen LogP contribution in [0.3, 0.4) is 0 Å². The third-order valence-corrected chi connectivity index (χ3v) is 4.95. The van der Waals surface area contributed by atoms with Crippen molar-refractivity contribution in [1.82, 2.24) is 10.2 Å². The molecule has 5 heteroatoms. The summed E-state index contributed by atoms with van der Waals surface area (Å²) in [5, 5.41) is 3.39. The smallest absolute Gasteiger partial charge is 0.238 e. The van der Waals surface area contributed by atoms with E-state index in [9.17, 15) is 4.79 Å². The van der Waals surface area contributed by atoms with Gasteiger partial charge in [0.25, 0.3) is 0 Å². The Morgan fingerprint density at radius 3 is 2.76 bits per heavy atom. The van der Waals surface area contributed by atoms with E-state index in [0.717, 1.165) is 51.9 Å². The second-order valence-corrected chi connectivity index (χ2v) is 6.18. The summed E-state index contributed by atoms with van der Waals surface area (Å²) >= 11 is 0. The Labute approximate surface area is 129 Å². The number of nitrogens with one attached hydrogen (secondary N) is 1. The SMILES string of the molecule is CCNC1(C(N)=O)CCCC1CCN(CC)C(C)COC. The van der Waals surface area contributed by atoms with E-state index in [2.05, 4.69) is 24.1 Å². The van der Waals surface area contributed by atoms with Crippen LogP contribution in [0.25, 0.3) is 0 Å². The van der Waals surface area contributed by atoms with Crippen LogP contribution < -0.4 is 11.1 Å². The molecule has 1 rings (SSSR count). The maximum atomic E-state index is 12.0. The number of hydrogen-bond acceptors (Lipinski definition) is 4. The molecule has 1 aliphatic rings. The number of nitrogens with zero attached hydrogens (tertiary/aromatic N) is 1. The predicted molar refractivity (Wildman–Crippen MR) is 86.1 cm³/mol. The Hall–Kier alpha value is -0.650. The van der Waals surface area contributed by atoms with Crippen molar-refractivity contribution >= 4 is 5.91 Å². The second kappa shape index (κ2) is 8.71. The van der Waals surface area contributed by atoms with E-state index in [1.165, 1.54) is 0 Å². The minimum absolute atomic E-state index is 0.181. The van der Waals surface area contributed by atoms with Crippen LogP contribution >= 0.6 is 0 Å². The summed E-state index contributed by atoms with van der Waals surface area (Å²) in [6.45, 7) is 9.93. The van der Waals surface area contributed by atoms with Crippen LogP contribution in [0.1, 0.15) is 46.5 Å². The van der Waals surface area contributed by atoms with Crippen LogP contribution in [-0.2, 0) is 9.53 Å². The summed E-state index contributed by atoms with van der Waals surface area (Å²) < 4.78 is 5.25. The van der Waals surface area contributed by atoms with Gasteiger partial charge >= 0.3 is 0 Å². The molecule has 1 saturated carbocycles. The summed E-state index contributed by atoms with van der Waals surface area (Å²) in [5.74, 6) is 0.165. The number of rotatable bonds is 10. The van der Waals surface area contributed by atoms with Crippen molar-refractivity contribution in [2.45, 2.75) is 58.0 Å². The van der Waals surface area contributed by atoms with E-state index in [4.69, 9.17) is 10.5 Å². The molecule has 1 aliphatic carbocycles. The van der Waals surface area contributed by atoms with E-state index in [1.54, 1.807) is 7.11 Å². The molecule has 0 saturated heterocycles. The summed E-state index contributed by atoms with van der Waals surface area (Å²) in [5.41, 5.74) is 5.23. The van der Waals surface area contributed by atoms with Crippen molar-refractivity contribution in [2.24, 2.45) is 11.7 Å². The average molecular weight is 299 g/mol. The number of carbonyl (C=O) groups is 1. The highest BCUT2D eigenvalue weighted by Crippen LogP contribution is 2.38. The first-order valence-electron chi connectivity index (χ1n) is 8.29. The van der Waals surface area contributed by atoms with Gasteiger partial charge in [-0.3, -0.25) is 9.69 Å². The van der Waals surface area contributed by atoms with E-state index in [1.807, 2.05) is 6.92 Å². The molecule has 3 N–H and O–H groups in total. The van der Waals surface area contributed by atoms with Gasteiger partial charge in [0.2, 0.25) is 5.91 Å². The fourth-order valence-corrected chi connectivity index (χ4v) is 3.79. The molecule has 3 unspecified atom stereocenters. The number of methoxy groups -OCH3 is 1. The molecule has 21 heavy (non-hydrogen) atoms. The van der Waals surface area contributed by atoms with Crippen molar-refractivity contribution in [2.75, 3.05) is 33.4 Å². The Balaban J connectivity index is 2.65. The first-order valence-corrected chi connectivity index (χ1v) is 8.29. The first-order chi connectivity index (χ1) is 10.0. The zero-order chi connectivity index (χ0) is 15.9. The van der Waals surface area contributed by atoms with Crippen molar-refractivity contribution in [3.63, 3.8) is 0 Å². The largest absolute Gasteiger partial charge is 0.383 e. The lowest BCUT2D eigenvalue weighted by Gasteiger charge is -2.35. The number of amides is 1. The van der Waals surface area contributed by atoms with E-state index < -0.39 is 5.54 Å². The van der Waals surface area contributed by atoms with Gasteiger partial charge in [-0.15, -0.1) is 0 Å². The number of likely N-dealkylation sites (N-methyl/N-ethyl adjacent to an activating group) is 2. The van der Waals surface area contributed by atoms with Crippen molar-refractivity contribution in [3.05, 3.63) is 0 Å². The standard InChI is InChI=1S/C16H33N3O2/c1-5-18-16(15(17)20)10-7-8-14(16)9-11-19(6-2)13(3)12-21-4/h13-14,18H,5-12H2,1-4H3,(H2,17,20). The zero-order valence-corrected chi connectivity index (χ0v) is 14.2. The third-order valence-electron chi connectivity index (χ3n) is 4.95. The quantitative estimate of drug-likeness (QED) is 0.639. The molecule has 0 aromatic carbocycles. The van der Waals surface area contributed by atoms with Gasteiger partial charge in [0.1, 0.15) is 5.54 Å². The zero-order valence-electron chi connectivity index (χ0n) is 14.2. The second-order valence-electron chi connectivity index (χ2n) is 6.18. The molecule has 1 amide bonds. The molecule has 0 bridgehead atoms. The van der Waals surface area contributed by atoms with Crippen LogP contribution in [0.15, 0.2) is 0 Å². The fraction of sp³-hybridized carbons (Fsp3) is 0.938. The highest BCUT2D eigenvalue weighted by atomic mass is 16.5. The highest BCUT2D eigenvalue weighted by Gasteiger charge is 2.46. The Morgan fingerprint density at radius 1 is 1.52 bits per heavy atom. The summed E-state index contributed by atoms with van der Waals surface area (Å²) in [6, 6.07) is 0.406. The highest BCUT2D eigenvalue weighted by molar-refractivity contribution is 5.85. The van der Waals surface area contributed by atoms with E-state index in [0.29, 0.717) is 12.0 Å². The van der Waals surface area contributed by atoms with Gasteiger partial charge < -0.3 is 15.8 Å². The molecule has 0 aromatic rings. The lowest BCUT2D eigenvalue weighted by atomic mass is 9.83. The molecule has 0 radical (unpaired) electrons. The monoisotopic (exact) mass is 299 g/mol. The lowest BCUT2D eigenvalue weighted by molar-refractivity contribution is -0.126.